The lowest BCUT2D eigenvalue weighted by Crippen LogP contribution is -2.17. The second-order valence-electron chi connectivity index (χ2n) is 4.29. The Balaban J connectivity index is 0.000000138. The fraction of sp³-hybridized carbons (Fsp3) is 0.200. The lowest BCUT2D eigenvalue weighted by atomic mass is 9.80. The summed E-state index contributed by atoms with van der Waals surface area (Å²) < 4.78 is 4.37. The van der Waals surface area contributed by atoms with Crippen LogP contribution >= 0.6 is 0 Å². The SMILES string of the molecule is C=Cc1ccccc1.CC1CC2=C1C(=O)OC2=O. The maximum Gasteiger partial charge on any atom is 0.342 e. The fourth-order valence-electron chi connectivity index (χ4n) is 1.99. The van der Waals surface area contributed by atoms with Gasteiger partial charge in [0, 0.05) is 5.57 Å². The summed E-state index contributed by atoms with van der Waals surface area (Å²) in [6, 6.07) is 10.0. The van der Waals surface area contributed by atoms with Crippen LogP contribution in [0.1, 0.15) is 18.9 Å². The highest BCUT2D eigenvalue weighted by molar-refractivity contribution is 6.14. The summed E-state index contributed by atoms with van der Waals surface area (Å²) in [6.07, 6.45) is 2.54. The zero-order chi connectivity index (χ0) is 13.1. The van der Waals surface area contributed by atoms with Gasteiger partial charge in [-0.25, -0.2) is 9.59 Å². The summed E-state index contributed by atoms with van der Waals surface area (Å²) in [5, 5.41) is 0. The summed E-state index contributed by atoms with van der Waals surface area (Å²) in [5.74, 6) is -0.634. The van der Waals surface area contributed by atoms with E-state index >= 15 is 0 Å². The lowest BCUT2D eigenvalue weighted by molar-refractivity contribution is -0.150. The molecule has 92 valence electrons. The van der Waals surface area contributed by atoms with Crippen molar-refractivity contribution in [2.24, 2.45) is 5.92 Å². The van der Waals surface area contributed by atoms with Crippen LogP contribution in [0.3, 0.4) is 0 Å². The fourth-order valence-corrected chi connectivity index (χ4v) is 1.99. The maximum absolute atomic E-state index is 10.8. The number of carbonyl (C=O) groups excluding carboxylic acids is 2. The van der Waals surface area contributed by atoms with Crippen LogP contribution in [0.15, 0.2) is 48.1 Å². The normalized spacial score (nSPS) is 20.4. The molecule has 0 amide bonds. The van der Waals surface area contributed by atoms with Gasteiger partial charge < -0.3 is 4.74 Å². The molecule has 1 aliphatic heterocycles. The molecule has 1 aromatic rings. The number of hydrogen-bond acceptors (Lipinski definition) is 3. The summed E-state index contributed by atoms with van der Waals surface area (Å²) in [7, 11) is 0. The summed E-state index contributed by atoms with van der Waals surface area (Å²) in [5.41, 5.74) is 2.37. The Bertz CT molecular complexity index is 526. The molecule has 18 heavy (non-hydrogen) atoms. The van der Waals surface area contributed by atoms with E-state index in [1.54, 1.807) is 0 Å². The first-order valence-corrected chi connectivity index (χ1v) is 5.80. The molecule has 3 heteroatoms. The Morgan fingerprint density at radius 2 is 1.89 bits per heavy atom. The Morgan fingerprint density at radius 3 is 2.28 bits per heavy atom. The van der Waals surface area contributed by atoms with Gasteiger partial charge in [-0.3, -0.25) is 0 Å². The molecule has 0 saturated heterocycles. The van der Waals surface area contributed by atoms with E-state index in [1.807, 2.05) is 43.3 Å². The van der Waals surface area contributed by atoms with Crippen molar-refractivity contribution in [2.75, 3.05) is 0 Å². The third kappa shape index (κ3) is 2.25. The second-order valence-corrected chi connectivity index (χ2v) is 4.29. The van der Waals surface area contributed by atoms with Crippen LogP contribution in [-0.4, -0.2) is 11.9 Å². The molecule has 0 aromatic heterocycles. The third-order valence-electron chi connectivity index (χ3n) is 3.02. The Kier molecular flexibility index (Phi) is 3.42. The second kappa shape index (κ2) is 5.00. The van der Waals surface area contributed by atoms with Crippen molar-refractivity contribution in [3.63, 3.8) is 0 Å². The molecule has 1 atom stereocenters. The number of ether oxygens (including phenoxy) is 1. The highest BCUT2D eigenvalue weighted by Crippen LogP contribution is 2.39. The van der Waals surface area contributed by atoms with Gasteiger partial charge in [0.05, 0.1) is 5.57 Å². The van der Waals surface area contributed by atoms with Crippen LogP contribution in [-0.2, 0) is 14.3 Å². The average molecular weight is 242 g/mol. The zero-order valence-corrected chi connectivity index (χ0v) is 10.2. The molecule has 1 aliphatic carbocycles. The van der Waals surface area contributed by atoms with E-state index in [4.69, 9.17) is 0 Å². The van der Waals surface area contributed by atoms with Crippen molar-refractivity contribution in [1.82, 2.24) is 0 Å². The third-order valence-corrected chi connectivity index (χ3v) is 3.02. The molecule has 0 spiro atoms. The molecule has 2 aliphatic rings. The van der Waals surface area contributed by atoms with Gasteiger partial charge in [0.25, 0.3) is 0 Å². The molecule has 1 unspecified atom stereocenters. The summed E-state index contributed by atoms with van der Waals surface area (Å²) >= 11 is 0. The number of rotatable bonds is 1. The first-order chi connectivity index (χ1) is 8.63. The predicted molar refractivity (Wildman–Crippen MR) is 68.4 cm³/mol. The van der Waals surface area contributed by atoms with Gasteiger partial charge in [0.1, 0.15) is 0 Å². The Morgan fingerprint density at radius 1 is 1.22 bits per heavy atom. The largest absolute Gasteiger partial charge is 0.386 e. The molecule has 0 bridgehead atoms. The Labute approximate surface area is 106 Å². The van der Waals surface area contributed by atoms with Gasteiger partial charge in [0.15, 0.2) is 0 Å². The van der Waals surface area contributed by atoms with Crippen LogP contribution in [0, 0.1) is 5.92 Å². The smallest absolute Gasteiger partial charge is 0.342 e. The number of carbonyl (C=O) groups is 2. The number of esters is 2. The van der Waals surface area contributed by atoms with E-state index in [-0.39, 0.29) is 5.92 Å². The molecular weight excluding hydrogens is 228 g/mol. The first kappa shape index (κ1) is 12.3. The van der Waals surface area contributed by atoms with E-state index in [0.717, 1.165) is 0 Å². The van der Waals surface area contributed by atoms with E-state index in [9.17, 15) is 9.59 Å². The van der Waals surface area contributed by atoms with Crippen LogP contribution in [0.5, 0.6) is 0 Å². The van der Waals surface area contributed by atoms with E-state index in [0.29, 0.717) is 17.6 Å². The van der Waals surface area contributed by atoms with Crippen molar-refractivity contribution < 1.29 is 14.3 Å². The van der Waals surface area contributed by atoms with Gasteiger partial charge in [-0.2, -0.15) is 0 Å². The molecule has 0 saturated carbocycles. The van der Waals surface area contributed by atoms with Gasteiger partial charge in [-0.1, -0.05) is 49.9 Å². The minimum Gasteiger partial charge on any atom is -0.386 e. The lowest BCUT2D eigenvalue weighted by Gasteiger charge is -2.18. The minimum absolute atomic E-state index is 0.231. The molecule has 0 N–H and O–H groups in total. The van der Waals surface area contributed by atoms with E-state index < -0.39 is 11.9 Å². The predicted octanol–water partition coefficient (Wildman–Crippen LogP) is 2.74. The zero-order valence-electron chi connectivity index (χ0n) is 10.2. The monoisotopic (exact) mass is 242 g/mol. The van der Waals surface area contributed by atoms with Gasteiger partial charge in [0.2, 0.25) is 0 Å². The Hall–Kier alpha value is -2.16. The number of benzene rings is 1. The van der Waals surface area contributed by atoms with Crippen LogP contribution < -0.4 is 0 Å². The summed E-state index contributed by atoms with van der Waals surface area (Å²) in [6.45, 7) is 5.55. The van der Waals surface area contributed by atoms with Crippen molar-refractivity contribution in [3.8, 4) is 0 Å². The van der Waals surface area contributed by atoms with Crippen LogP contribution in [0.4, 0.5) is 0 Å². The highest BCUT2D eigenvalue weighted by Gasteiger charge is 2.43. The van der Waals surface area contributed by atoms with E-state index in [2.05, 4.69) is 11.3 Å². The molecular formula is C15H14O3. The van der Waals surface area contributed by atoms with Crippen molar-refractivity contribution >= 4 is 18.0 Å². The van der Waals surface area contributed by atoms with Gasteiger partial charge >= 0.3 is 11.9 Å². The standard InChI is InChI=1S/C8H8.C7H6O3/c1-2-8-6-4-3-5-7-8;1-3-2-4-5(3)7(9)10-6(4)8/h2-7H,1H2;3H,2H2,1H3. The molecule has 1 heterocycles. The summed E-state index contributed by atoms with van der Waals surface area (Å²) in [4.78, 5) is 21.4. The van der Waals surface area contributed by atoms with Crippen LogP contribution in [0.25, 0.3) is 6.08 Å². The van der Waals surface area contributed by atoms with Crippen molar-refractivity contribution in [3.05, 3.63) is 53.6 Å². The maximum atomic E-state index is 10.8. The van der Waals surface area contributed by atoms with Crippen LogP contribution in [0.2, 0.25) is 0 Å². The quantitative estimate of drug-likeness (QED) is 0.561. The van der Waals surface area contributed by atoms with Crippen molar-refractivity contribution in [2.45, 2.75) is 13.3 Å². The van der Waals surface area contributed by atoms with Crippen molar-refractivity contribution in [1.29, 1.82) is 0 Å². The minimum atomic E-state index is -0.432. The van der Waals surface area contributed by atoms with Gasteiger partial charge in [-0.05, 0) is 17.9 Å². The molecule has 3 nitrogen and oxygen atoms in total. The molecule has 1 aromatic carbocycles. The average Bonchev–Trinajstić information content (AvgIpc) is 2.59. The molecule has 0 radical (unpaired) electrons. The first-order valence-electron chi connectivity index (χ1n) is 5.80. The number of cyclic esters (lactones) is 2. The van der Waals surface area contributed by atoms with E-state index in [1.165, 1.54) is 5.56 Å². The topological polar surface area (TPSA) is 43.4 Å². The number of hydrogen-bond donors (Lipinski definition) is 0. The van der Waals surface area contributed by atoms with Gasteiger partial charge in [-0.15, -0.1) is 0 Å². The highest BCUT2D eigenvalue weighted by atomic mass is 16.6. The molecule has 3 rings (SSSR count). The molecule has 0 fully saturated rings.